The lowest BCUT2D eigenvalue weighted by molar-refractivity contribution is -0.530. The fourth-order valence-corrected chi connectivity index (χ4v) is 4.14. The van der Waals surface area contributed by atoms with Crippen molar-refractivity contribution in [1.29, 1.82) is 0 Å². The summed E-state index contributed by atoms with van der Waals surface area (Å²) < 4.78 is 13.9. The van der Waals surface area contributed by atoms with E-state index in [4.69, 9.17) is 15.2 Å². The Hall–Kier alpha value is -1.95. The van der Waals surface area contributed by atoms with Gasteiger partial charge in [0.2, 0.25) is 0 Å². The molecule has 31 heavy (non-hydrogen) atoms. The Morgan fingerprint density at radius 1 is 1.23 bits per heavy atom. The normalized spacial score (nSPS) is 21.5. The van der Waals surface area contributed by atoms with Crippen LogP contribution in [-0.4, -0.2) is 61.3 Å². The number of ether oxygens (including phenoxy) is 2. The molecule has 0 saturated heterocycles. The van der Waals surface area contributed by atoms with Crippen molar-refractivity contribution in [1.82, 2.24) is 4.90 Å². The van der Waals surface area contributed by atoms with Crippen molar-refractivity contribution in [2.75, 3.05) is 33.3 Å². The van der Waals surface area contributed by atoms with Crippen LogP contribution in [0, 0.1) is 0 Å². The summed E-state index contributed by atoms with van der Waals surface area (Å²) in [5, 5.41) is 0. The van der Waals surface area contributed by atoms with Gasteiger partial charge in [0.1, 0.15) is 12.8 Å². The molecule has 0 spiro atoms. The summed E-state index contributed by atoms with van der Waals surface area (Å²) in [6.07, 6.45) is 10.8. The zero-order chi connectivity index (χ0) is 22.4. The maximum absolute atomic E-state index is 6.09. The van der Waals surface area contributed by atoms with Crippen LogP contribution in [0.5, 0.6) is 0 Å². The van der Waals surface area contributed by atoms with Gasteiger partial charge in [0.15, 0.2) is 12.8 Å². The summed E-state index contributed by atoms with van der Waals surface area (Å²) in [6, 6.07) is 8.84. The number of hydrogen-bond donors (Lipinski definition) is 1. The van der Waals surface area contributed by atoms with E-state index in [1.54, 1.807) is 7.11 Å². The third kappa shape index (κ3) is 6.76. The van der Waals surface area contributed by atoms with Gasteiger partial charge >= 0.3 is 0 Å². The smallest absolute Gasteiger partial charge is 0.159 e. The van der Waals surface area contributed by atoms with E-state index in [2.05, 4.69) is 79.0 Å². The Balaban J connectivity index is 1.58. The number of nitrogens with two attached hydrogens (primary N) is 1. The van der Waals surface area contributed by atoms with Crippen LogP contribution in [0.1, 0.15) is 57.8 Å². The van der Waals surface area contributed by atoms with Crippen LogP contribution in [0.2, 0.25) is 0 Å². The average Bonchev–Trinajstić information content (AvgIpc) is 2.76. The van der Waals surface area contributed by atoms with Crippen LogP contribution in [0.15, 0.2) is 48.2 Å². The highest BCUT2D eigenvalue weighted by Crippen LogP contribution is 2.27. The van der Waals surface area contributed by atoms with E-state index in [1.807, 2.05) is 6.92 Å². The first-order valence-electron chi connectivity index (χ1n) is 11.5. The molecule has 1 aromatic carbocycles. The van der Waals surface area contributed by atoms with Crippen molar-refractivity contribution in [3.05, 3.63) is 59.3 Å². The SMILES string of the molecule is COC1C=CC(N2CC=[N+](CCC(OC(C)N)c3ccc(C(C)(C)C)cc3)CC2)=CC1. The van der Waals surface area contributed by atoms with Gasteiger partial charge in [0.25, 0.3) is 0 Å². The highest BCUT2D eigenvalue weighted by Gasteiger charge is 2.23. The molecule has 1 aromatic rings. The van der Waals surface area contributed by atoms with E-state index in [9.17, 15) is 0 Å². The molecule has 1 heterocycles. The molecule has 2 N–H and O–H groups in total. The predicted octanol–water partition coefficient (Wildman–Crippen LogP) is 3.99. The molecule has 0 aromatic heterocycles. The van der Waals surface area contributed by atoms with Gasteiger partial charge in [-0.2, -0.15) is 0 Å². The lowest BCUT2D eigenvalue weighted by Crippen LogP contribution is -2.39. The van der Waals surface area contributed by atoms with Crippen molar-refractivity contribution < 1.29 is 14.0 Å². The summed E-state index contributed by atoms with van der Waals surface area (Å²) in [5.74, 6) is 0. The third-order valence-electron chi connectivity index (χ3n) is 6.13. The number of nitrogens with zero attached hydrogens (tertiary/aromatic N) is 2. The molecule has 1 aliphatic carbocycles. The molecule has 0 bridgehead atoms. The molecule has 0 fully saturated rings. The van der Waals surface area contributed by atoms with E-state index < -0.39 is 0 Å². The van der Waals surface area contributed by atoms with Crippen LogP contribution in [0.4, 0.5) is 0 Å². The average molecular weight is 427 g/mol. The Morgan fingerprint density at radius 3 is 2.48 bits per heavy atom. The minimum Gasteiger partial charge on any atom is -0.377 e. The molecule has 5 heteroatoms. The van der Waals surface area contributed by atoms with Gasteiger partial charge in [-0.05, 0) is 36.0 Å². The summed E-state index contributed by atoms with van der Waals surface area (Å²) in [6.45, 7) is 12.6. The molecular formula is C26H40N3O2+. The number of methoxy groups -OCH3 is 1. The maximum atomic E-state index is 6.09. The molecular weight excluding hydrogens is 386 g/mol. The zero-order valence-electron chi connectivity index (χ0n) is 19.9. The monoisotopic (exact) mass is 426 g/mol. The molecule has 3 rings (SSSR count). The zero-order valence-corrected chi connectivity index (χ0v) is 19.9. The van der Waals surface area contributed by atoms with Crippen LogP contribution in [0.25, 0.3) is 0 Å². The Morgan fingerprint density at radius 2 is 1.97 bits per heavy atom. The van der Waals surface area contributed by atoms with Crippen molar-refractivity contribution in [3.63, 3.8) is 0 Å². The predicted molar refractivity (Wildman–Crippen MR) is 128 cm³/mol. The topological polar surface area (TPSA) is 50.7 Å². The quantitative estimate of drug-likeness (QED) is 0.504. The van der Waals surface area contributed by atoms with Gasteiger partial charge in [-0.15, -0.1) is 0 Å². The second-order valence-electron chi connectivity index (χ2n) is 9.65. The molecule has 0 saturated carbocycles. The Bertz CT molecular complexity index is 803. The van der Waals surface area contributed by atoms with Crippen LogP contribution < -0.4 is 5.73 Å². The Kier molecular flexibility index (Phi) is 8.09. The van der Waals surface area contributed by atoms with Gasteiger partial charge in [-0.1, -0.05) is 57.2 Å². The first kappa shape index (κ1) is 23.7. The standard InChI is InChI=1S/C26H40N3O2/c1-20(27)31-25(21-6-8-22(9-7-21)26(2,3)4)14-15-28-16-18-29(19-17-28)23-10-12-24(30-5)13-11-23/h6-12,16,20,24-25H,13-15,17-19,27H2,1-5H3/q+1. The first-order chi connectivity index (χ1) is 14.8. The van der Waals surface area contributed by atoms with Gasteiger partial charge in [-0.25, -0.2) is 4.58 Å². The summed E-state index contributed by atoms with van der Waals surface area (Å²) in [5.41, 5.74) is 9.98. The Labute approximate surface area is 188 Å². The third-order valence-corrected chi connectivity index (χ3v) is 6.13. The van der Waals surface area contributed by atoms with E-state index in [-0.39, 0.29) is 23.9 Å². The fraction of sp³-hybridized carbons (Fsp3) is 0.577. The number of rotatable bonds is 8. The van der Waals surface area contributed by atoms with Gasteiger partial charge in [0, 0.05) is 19.2 Å². The van der Waals surface area contributed by atoms with E-state index in [0.29, 0.717) is 0 Å². The molecule has 3 unspecified atom stereocenters. The van der Waals surface area contributed by atoms with E-state index in [1.165, 1.54) is 16.8 Å². The van der Waals surface area contributed by atoms with Gasteiger partial charge < -0.3 is 20.1 Å². The van der Waals surface area contributed by atoms with Crippen LogP contribution in [-0.2, 0) is 14.9 Å². The second-order valence-corrected chi connectivity index (χ2v) is 9.65. The van der Waals surface area contributed by atoms with Crippen molar-refractivity contribution in [2.45, 2.75) is 64.4 Å². The lowest BCUT2D eigenvalue weighted by atomic mass is 9.86. The van der Waals surface area contributed by atoms with Crippen molar-refractivity contribution in [3.8, 4) is 0 Å². The molecule has 2 aliphatic rings. The second kappa shape index (κ2) is 10.6. The highest BCUT2D eigenvalue weighted by molar-refractivity contribution is 5.55. The number of benzene rings is 1. The highest BCUT2D eigenvalue weighted by atomic mass is 16.5. The van der Waals surface area contributed by atoms with E-state index >= 15 is 0 Å². The minimum absolute atomic E-state index is 0.00964. The molecule has 0 radical (unpaired) electrons. The fourth-order valence-electron chi connectivity index (χ4n) is 4.14. The van der Waals surface area contributed by atoms with E-state index in [0.717, 1.165) is 39.0 Å². The summed E-state index contributed by atoms with van der Waals surface area (Å²) >= 11 is 0. The molecule has 5 nitrogen and oxygen atoms in total. The maximum Gasteiger partial charge on any atom is 0.159 e. The number of hydrogen-bond acceptors (Lipinski definition) is 4. The van der Waals surface area contributed by atoms with Crippen molar-refractivity contribution in [2.24, 2.45) is 5.73 Å². The number of allylic oxidation sites excluding steroid dienone is 1. The lowest BCUT2D eigenvalue weighted by Gasteiger charge is -2.29. The van der Waals surface area contributed by atoms with Gasteiger partial charge in [0.05, 0.1) is 25.3 Å². The van der Waals surface area contributed by atoms with Crippen molar-refractivity contribution >= 4 is 6.21 Å². The minimum atomic E-state index is -0.283. The molecule has 3 atom stereocenters. The van der Waals surface area contributed by atoms with Crippen LogP contribution >= 0.6 is 0 Å². The van der Waals surface area contributed by atoms with Gasteiger partial charge in [-0.3, -0.25) is 0 Å². The largest absolute Gasteiger partial charge is 0.377 e. The molecule has 170 valence electrons. The van der Waals surface area contributed by atoms with Crippen LogP contribution in [0.3, 0.4) is 0 Å². The summed E-state index contributed by atoms with van der Waals surface area (Å²) in [4.78, 5) is 2.43. The summed E-state index contributed by atoms with van der Waals surface area (Å²) in [7, 11) is 1.77. The molecule has 0 amide bonds. The first-order valence-corrected chi connectivity index (χ1v) is 11.5. The molecule has 1 aliphatic heterocycles.